The lowest BCUT2D eigenvalue weighted by atomic mass is 9.89. The fourth-order valence-electron chi connectivity index (χ4n) is 1.23. The summed E-state index contributed by atoms with van der Waals surface area (Å²) in [7, 11) is -2.17. The van der Waals surface area contributed by atoms with Crippen LogP contribution in [-0.4, -0.2) is 38.7 Å². The smallest absolute Gasteiger partial charge is 0.485 e. The fraction of sp³-hybridized carbons (Fsp3) is 0.571. The molecule has 0 aliphatic heterocycles. The molecule has 0 aromatic heterocycles. The maximum Gasteiger partial charge on any atom is 0.631 e. The molecule has 0 spiro atoms. The Bertz CT molecular complexity index is 421. The Morgan fingerprint density at radius 2 is 1.45 bits per heavy atom. The molecule has 0 amide bonds. The highest BCUT2D eigenvalue weighted by atomic mass is 16.5. The monoisotopic (exact) mass is 284 g/mol. The molecule has 114 valence electrons. The minimum atomic E-state index is -2.17. The number of benzene rings is 1. The van der Waals surface area contributed by atoms with Crippen LogP contribution in [0.15, 0.2) is 18.2 Å². The van der Waals surface area contributed by atoms with Gasteiger partial charge in [-0.3, -0.25) is 0 Å². The second-order valence-corrected chi connectivity index (χ2v) is 5.72. The van der Waals surface area contributed by atoms with Crippen molar-refractivity contribution in [1.82, 2.24) is 0 Å². The Kier molecular flexibility index (Phi) is 6.70. The molecule has 0 aliphatic carbocycles. The zero-order chi connectivity index (χ0) is 16.1. The number of hydrogen-bond acceptors (Lipinski definition) is 5. The molecule has 0 atom stereocenters. The third-order valence-corrected chi connectivity index (χ3v) is 3.39. The number of aryl methyl sites for hydroxylation is 1. The van der Waals surface area contributed by atoms with Crippen LogP contribution in [0.2, 0.25) is 0 Å². The van der Waals surface area contributed by atoms with E-state index >= 15 is 0 Å². The average molecular weight is 284 g/mol. The van der Waals surface area contributed by atoms with Gasteiger partial charge in [0.2, 0.25) is 0 Å². The molecule has 0 saturated heterocycles. The fourth-order valence-corrected chi connectivity index (χ4v) is 1.23. The van der Waals surface area contributed by atoms with Gasteiger partial charge in [-0.1, -0.05) is 12.1 Å². The summed E-state index contributed by atoms with van der Waals surface area (Å²) in [5.74, 6) is 0.840. The third-order valence-electron chi connectivity index (χ3n) is 3.39. The topological polar surface area (TPSA) is 90.2 Å². The molecule has 0 heterocycles. The molecular weight excluding hydrogens is 259 g/mol. The molecule has 4 N–H and O–H groups in total. The van der Waals surface area contributed by atoms with Crippen LogP contribution in [-0.2, 0) is 0 Å². The van der Waals surface area contributed by atoms with E-state index in [0.717, 1.165) is 11.3 Å². The third kappa shape index (κ3) is 5.92. The minimum absolute atomic E-state index is 0.619. The van der Waals surface area contributed by atoms with E-state index in [1.165, 1.54) is 5.56 Å². The maximum absolute atomic E-state index is 10.0. The largest absolute Gasteiger partial charge is 0.631 e. The summed E-state index contributed by atoms with van der Waals surface area (Å²) in [6.07, 6.45) is 0. The predicted molar refractivity (Wildman–Crippen MR) is 79.3 cm³/mol. The molecule has 1 aromatic carbocycles. The van der Waals surface area contributed by atoms with E-state index in [4.69, 9.17) is 19.8 Å². The summed E-state index contributed by atoms with van der Waals surface area (Å²) in [6.45, 7) is 11.4. The normalized spacial score (nSPS) is 11.5. The highest BCUT2D eigenvalue weighted by Crippen LogP contribution is 2.30. The van der Waals surface area contributed by atoms with E-state index in [9.17, 15) is 5.11 Å². The molecule has 1 aromatic rings. The van der Waals surface area contributed by atoms with E-state index in [0.29, 0.717) is 0 Å². The first-order valence-corrected chi connectivity index (χ1v) is 6.40. The van der Waals surface area contributed by atoms with Gasteiger partial charge in [0.05, 0.1) is 5.60 Å². The van der Waals surface area contributed by atoms with Crippen molar-refractivity contribution in [2.45, 2.75) is 52.7 Å². The SMILES string of the molecule is Cc1cccc(OC(C)(C)C(C)(C)O)c1C.OB(O)O. The number of aliphatic hydroxyl groups is 1. The van der Waals surface area contributed by atoms with Gasteiger partial charge in [0.15, 0.2) is 0 Å². The van der Waals surface area contributed by atoms with Gasteiger partial charge in [-0.05, 0) is 58.7 Å². The summed E-state index contributed by atoms with van der Waals surface area (Å²) in [5.41, 5.74) is 0.818. The first kappa shape index (κ1) is 18.9. The van der Waals surface area contributed by atoms with Crippen molar-refractivity contribution in [3.8, 4) is 5.75 Å². The average Bonchev–Trinajstić information content (AvgIpc) is 2.22. The zero-order valence-electron chi connectivity index (χ0n) is 13.0. The van der Waals surface area contributed by atoms with Gasteiger partial charge in [-0.25, -0.2) is 0 Å². The molecule has 0 unspecified atom stereocenters. The Morgan fingerprint density at radius 3 is 1.85 bits per heavy atom. The van der Waals surface area contributed by atoms with Crippen molar-refractivity contribution in [2.24, 2.45) is 0 Å². The van der Waals surface area contributed by atoms with Crippen LogP contribution in [0.3, 0.4) is 0 Å². The van der Waals surface area contributed by atoms with Gasteiger partial charge in [-0.2, -0.15) is 0 Å². The number of hydrogen-bond donors (Lipinski definition) is 4. The van der Waals surface area contributed by atoms with Gasteiger partial charge in [0.25, 0.3) is 0 Å². The molecule has 0 fully saturated rings. The first-order valence-electron chi connectivity index (χ1n) is 6.40. The van der Waals surface area contributed by atoms with Crippen molar-refractivity contribution in [1.29, 1.82) is 0 Å². The van der Waals surface area contributed by atoms with Crippen LogP contribution in [0.4, 0.5) is 0 Å². The summed E-state index contributed by atoms with van der Waals surface area (Å²) >= 11 is 0. The number of rotatable bonds is 3. The second-order valence-electron chi connectivity index (χ2n) is 5.72. The zero-order valence-corrected chi connectivity index (χ0v) is 13.0. The van der Waals surface area contributed by atoms with Crippen molar-refractivity contribution < 1.29 is 24.9 Å². The van der Waals surface area contributed by atoms with Crippen molar-refractivity contribution >= 4 is 7.32 Å². The van der Waals surface area contributed by atoms with Crippen molar-refractivity contribution in [3.63, 3.8) is 0 Å². The quantitative estimate of drug-likeness (QED) is 0.626. The van der Waals surface area contributed by atoms with Crippen LogP contribution in [0.25, 0.3) is 0 Å². The summed E-state index contributed by atoms with van der Waals surface area (Å²) < 4.78 is 5.93. The molecule has 5 nitrogen and oxygen atoms in total. The highest BCUT2D eigenvalue weighted by molar-refractivity contribution is 6.30. The lowest BCUT2D eigenvalue weighted by molar-refractivity contribution is -0.0909. The first-order chi connectivity index (χ1) is 8.88. The van der Waals surface area contributed by atoms with Crippen LogP contribution in [0.1, 0.15) is 38.8 Å². The van der Waals surface area contributed by atoms with Gasteiger partial charge >= 0.3 is 7.32 Å². The van der Waals surface area contributed by atoms with Gasteiger partial charge in [0, 0.05) is 0 Å². The molecular formula is C14H25BO5. The summed E-state index contributed by atoms with van der Waals surface area (Å²) in [6, 6.07) is 5.97. The van der Waals surface area contributed by atoms with Crippen LogP contribution >= 0.6 is 0 Å². The van der Waals surface area contributed by atoms with E-state index in [1.807, 2.05) is 32.9 Å². The maximum atomic E-state index is 10.0. The van der Waals surface area contributed by atoms with E-state index in [1.54, 1.807) is 13.8 Å². The Labute approximate surface area is 121 Å². The molecule has 6 heteroatoms. The standard InChI is InChI=1S/C14H22O2.BH3O3/c1-10-8-7-9-12(11(10)2)16-14(5,6)13(3,4)15;2-1(3)4/h7-9,15H,1-6H3;2-4H. The molecule has 20 heavy (non-hydrogen) atoms. The molecule has 0 radical (unpaired) electrons. The number of ether oxygens (including phenoxy) is 1. The van der Waals surface area contributed by atoms with E-state index in [-0.39, 0.29) is 0 Å². The molecule has 0 aliphatic rings. The minimum Gasteiger partial charge on any atom is -0.485 e. The summed E-state index contributed by atoms with van der Waals surface area (Å²) in [5, 5.41) is 31.5. The van der Waals surface area contributed by atoms with Gasteiger partial charge < -0.3 is 24.9 Å². The van der Waals surface area contributed by atoms with Crippen molar-refractivity contribution in [2.75, 3.05) is 0 Å². The predicted octanol–water partition coefficient (Wildman–Crippen LogP) is 1.18. The van der Waals surface area contributed by atoms with Crippen molar-refractivity contribution in [3.05, 3.63) is 29.3 Å². The lowest BCUT2D eigenvalue weighted by Gasteiger charge is -2.38. The van der Waals surface area contributed by atoms with Gasteiger partial charge in [0.1, 0.15) is 11.4 Å². The van der Waals surface area contributed by atoms with Gasteiger partial charge in [-0.15, -0.1) is 0 Å². The van der Waals surface area contributed by atoms with Crippen LogP contribution in [0, 0.1) is 13.8 Å². The summed E-state index contributed by atoms with van der Waals surface area (Å²) in [4.78, 5) is 0. The van der Waals surface area contributed by atoms with Crippen LogP contribution < -0.4 is 4.74 Å². The molecule has 0 saturated carbocycles. The Morgan fingerprint density at radius 1 is 1.00 bits per heavy atom. The lowest BCUT2D eigenvalue weighted by Crippen LogP contribution is -2.49. The van der Waals surface area contributed by atoms with Crippen LogP contribution in [0.5, 0.6) is 5.75 Å². The van der Waals surface area contributed by atoms with E-state index in [2.05, 4.69) is 13.0 Å². The molecule has 0 bridgehead atoms. The second kappa shape index (κ2) is 7.08. The molecule has 1 rings (SSSR count). The Hall–Kier alpha value is -1.08. The highest BCUT2D eigenvalue weighted by Gasteiger charge is 2.37. The Balaban J connectivity index is 0.000000796. The van der Waals surface area contributed by atoms with E-state index < -0.39 is 18.5 Å².